The number of hydrogen-bond acceptors (Lipinski definition) is 7. The largest absolute Gasteiger partial charge is 0.465 e. The first-order valence-electron chi connectivity index (χ1n) is 15.6. The monoisotopic (exact) mass is 626 g/mol. The highest BCUT2D eigenvalue weighted by Gasteiger charge is 2.31. The van der Waals surface area contributed by atoms with E-state index in [1.807, 2.05) is 59.1 Å². The molecule has 0 N–H and O–H groups in total. The van der Waals surface area contributed by atoms with Gasteiger partial charge in [-0.05, 0) is 94.8 Å². The number of piperidine rings is 1. The van der Waals surface area contributed by atoms with Gasteiger partial charge in [-0.25, -0.2) is 18.7 Å². The summed E-state index contributed by atoms with van der Waals surface area (Å²) >= 11 is 0. The lowest BCUT2D eigenvalue weighted by molar-refractivity contribution is 0.0178. The number of amides is 1. The number of nitrogens with zero attached hydrogens (tertiary/aromatic N) is 6. The Morgan fingerprint density at radius 2 is 1.83 bits per heavy atom. The van der Waals surface area contributed by atoms with Crippen LogP contribution in [0.25, 0.3) is 33.2 Å². The van der Waals surface area contributed by atoms with E-state index < -0.39 is 11.6 Å². The van der Waals surface area contributed by atoms with Crippen LogP contribution in [0.5, 0.6) is 0 Å². The second-order valence-corrected chi connectivity index (χ2v) is 13.0. The van der Waals surface area contributed by atoms with E-state index in [0.29, 0.717) is 25.1 Å². The molecule has 0 bridgehead atoms. The Labute approximate surface area is 267 Å². The number of pyridine rings is 1. The first-order valence-corrected chi connectivity index (χ1v) is 15.6. The van der Waals surface area contributed by atoms with Crippen molar-refractivity contribution in [2.45, 2.75) is 58.6 Å². The quantitative estimate of drug-likeness (QED) is 0.190. The zero-order valence-electron chi connectivity index (χ0n) is 27.1. The van der Waals surface area contributed by atoms with Crippen LogP contribution < -0.4 is 0 Å². The van der Waals surface area contributed by atoms with Crippen LogP contribution >= 0.6 is 0 Å². The van der Waals surface area contributed by atoms with E-state index >= 15 is 0 Å². The van der Waals surface area contributed by atoms with Crippen LogP contribution in [0, 0.1) is 18.7 Å². The molecule has 1 unspecified atom stereocenters. The summed E-state index contributed by atoms with van der Waals surface area (Å²) in [5.41, 5.74) is 5.53. The predicted molar refractivity (Wildman–Crippen MR) is 173 cm³/mol. The predicted octanol–water partition coefficient (Wildman–Crippen LogP) is 6.85. The van der Waals surface area contributed by atoms with Gasteiger partial charge in [-0.15, -0.1) is 5.10 Å². The summed E-state index contributed by atoms with van der Waals surface area (Å²) in [6, 6.07) is 13.9. The number of ether oxygens (including phenoxy) is 2. The molecule has 10 nitrogen and oxygen atoms in total. The maximum atomic E-state index is 14.8. The number of carbonyl (C=O) groups excluding carboxylic acids is 2. The molecule has 6 rings (SSSR count). The van der Waals surface area contributed by atoms with Gasteiger partial charge in [-0.1, -0.05) is 17.3 Å². The van der Waals surface area contributed by atoms with Crippen LogP contribution in [0.15, 0.2) is 54.7 Å². The second kappa shape index (κ2) is 12.2. The van der Waals surface area contributed by atoms with Gasteiger partial charge in [0.05, 0.1) is 46.7 Å². The molecule has 1 amide bonds. The van der Waals surface area contributed by atoms with Gasteiger partial charge in [0.25, 0.3) is 0 Å². The molecule has 0 aliphatic carbocycles. The van der Waals surface area contributed by atoms with Crippen molar-refractivity contribution >= 4 is 34.0 Å². The Morgan fingerprint density at radius 1 is 1.07 bits per heavy atom. The molecular weight excluding hydrogens is 587 g/mol. The molecule has 0 spiro atoms. The summed E-state index contributed by atoms with van der Waals surface area (Å²) in [7, 11) is 3.20. The lowest BCUT2D eigenvalue weighted by atomic mass is 9.87. The highest BCUT2D eigenvalue weighted by molar-refractivity contribution is 6.08. The van der Waals surface area contributed by atoms with Crippen LogP contribution in [0.3, 0.4) is 0 Å². The average Bonchev–Trinajstić information content (AvgIpc) is 3.53. The van der Waals surface area contributed by atoms with Gasteiger partial charge in [0.1, 0.15) is 11.4 Å². The van der Waals surface area contributed by atoms with Crippen molar-refractivity contribution < 1.29 is 23.5 Å². The van der Waals surface area contributed by atoms with Gasteiger partial charge in [0.2, 0.25) is 0 Å². The van der Waals surface area contributed by atoms with E-state index in [1.54, 1.807) is 27.8 Å². The van der Waals surface area contributed by atoms with Crippen molar-refractivity contribution in [3.63, 3.8) is 0 Å². The Bertz CT molecular complexity index is 1910. The van der Waals surface area contributed by atoms with E-state index in [4.69, 9.17) is 14.5 Å². The summed E-state index contributed by atoms with van der Waals surface area (Å²) in [6.45, 7) is 8.66. The third-order valence-electron chi connectivity index (χ3n) is 8.70. The van der Waals surface area contributed by atoms with Crippen molar-refractivity contribution in [1.82, 2.24) is 29.4 Å². The van der Waals surface area contributed by atoms with E-state index in [1.165, 1.54) is 13.2 Å². The van der Waals surface area contributed by atoms with Gasteiger partial charge in [-0.3, -0.25) is 4.98 Å². The minimum absolute atomic E-state index is 0.239. The summed E-state index contributed by atoms with van der Waals surface area (Å²) in [4.78, 5) is 32.1. The third-order valence-corrected chi connectivity index (χ3v) is 8.70. The Kier molecular flexibility index (Phi) is 8.26. The minimum atomic E-state index is -0.563. The molecule has 46 heavy (non-hydrogen) atoms. The standard InChI is InChI=1S/C35H39FN6O4/c1-21-32(40(5)39-38-21)25-19-30-31(37-20-25)27-11-10-24(33(43)45-6)18-29(27)42(30)28(23-8-7-9-26(36)17-23)16-22-12-14-41(15-13-22)34(44)46-35(2,3)4/h7-11,17-20,22,28H,12-16H2,1-6H3. The van der Waals surface area contributed by atoms with E-state index in [-0.39, 0.29) is 23.9 Å². The Hall–Kier alpha value is -4.80. The molecule has 11 heteroatoms. The van der Waals surface area contributed by atoms with Gasteiger partial charge < -0.3 is 18.9 Å². The lowest BCUT2D eigenvalue weighted by Crippen LogP contribution is -2.42. The van der Waals surface area contributed by atoms with Crippen molar-refractivity contribution in [3.05, 3.63) is 77.4 Å². The number of likely N-dealkylation sites (tertiary alicyclic amines) is 1. The van der Waals surface area contributed by atoms with Crippen LogP contribution in [-0.4, -0.2) is 67.3 Å². The Morgan fingerprint density at radius 3 is 2.48 bits per heavy atom. The van der Waals surface area contributed by atoms with Crippen molar-refractivity contribution in [2.24, 2.45) is 13.0 Å². The number of aryl methyl sites for hydroxylation is 2. The molecule has 1 aliphatic heterocycles. The second-order valence-electron chi connectivity index (χ2n) is 13.0. The van der Waals surface area contributed by atoms with Crippen molar-refractivity contribution in [2.75, 3.05) is 20.2 Å². The average molecular weight is 627 g/mol. The van der Waals surface area contributed by atoms with Gasteiger partial charge in [0.15, 0.2) is 0 Å². The number of esters is 1. The van der Waals surface area contributed by atoms with Gasteiger partial charge >= 0.3 is 12.1 Å². The topological polar surface area (TPSA) is 104 Å². The minimum Gasteiger partial charge on any atom is -0.465 e. The molecule has 2 aromatic carbocycles. The van der Waals surface area contributed by atoms with E-state index in [9.17, 15) is 14.0 Å². The number of rotatable bonds is 6. The molecule has 0 radical (unpaired) electrons. The maximum Gasteiger partial charge on any atom is 0.410 e. The number of benzene rings is 2. The highest BCUT2D eigenvalue weighted by atomic mass is 19.1. The zero-order valence-corrected chi connectivity index (χ0v) is 27.1. The first kappa shape index (κ1) is 31.2. The molecular formula is C35H39FN6O4. The lowest BCUT2D eigenvalue weighted by Gasteiger charge is -2.35. The summed E-state index contributed by atoms with van der Waals surface area (Å²) in [5.74, 6) is -0.530. The normalized spacial score (nSPS) is 15.0. The number of methoxy groups -OCH3 is 1. The fourth-order valence-electron chi connectivity index (χ4n) is 6.57. The molecule has 3 aromatic heterocycles. The van der Waals surface area contributed by atoms with Gasteiger partial charge in [0, 0.05) is 37.3 Å². The molecule has 240 valence electrons. The third kappa shape index (κ3) is 6.05. The molecule has 1 fully saturated rings. The van der Waals surface area contributed by atoms with Gasteiger partial charge in [-0.2, -0.15) is 0 Å². The molecule has 4 heterocycles. The highest BCUT2D eigenvalue weighted by Crippen LogP contribution is 2.40. The SMILES string of the molecule is COC(=O)c1ccc2c3ncc(-c4c(C)nnn4C)cc3n(C(CC3CCN(C(=O)OC(C)(C)C)CC3)c3cccc(F)c3)c2c1. The molecule has 1 aliphatic rings. The Balaban J connectivity index is 1.48. The number of aromatic nitrogens is 5. The summed E-state index contributed by atoms with van der Waals surface area (Å²) in [6.07, 6.45) is 3.75. The van der Waals surface area contributed by atoms with E-state index in [0.717, 1.165) is 57.3 Å². The number of halogens is 1. The van der Waals surface area contributed by atoms with Crippen molar-refractivity contribution in [1.29, 1.82) is 0 Å². The molecule has 1 atom stereocenters. The number of fused-ring (bicyclic) bond motifs is 3. The summed E-state index contributed by atoms with van der Waals surface area (Å²) < 4.78 is 29.4. The fraction of sp³-hybridized carbons (Fsp3) is 0.400. The molecule has 1 saturated heterocycles. The van der Waals surface area contributed by atoms with Crippen LogP contribution in [-0.2, 0) is 16.5 Å². The van der Waals surface area contributed by atoms with Crippen LogP contribution in [0.2, 0.25) is 0 Å². The first-order chi connectivity index (χ1) is 21.9. The van der Waals surface area contributed by atoms with Crippen LogP contribution in [0.1, 0.15) is 67.7 Å². The molecule has 0 saturated carbocycles. The number of carbonyl (C=O) groups is 2. The molecule has 5 aromatic rings. The van der Waals surface area contributed by atoms with Crippen LogP contribution in [0.4, 0.5) is 9.18 Å². The maximum absolute atomic E-state index is 14.8. The zero-order chi connectivity index (χ0) is 32.7. The summed E-state index contributed by atoms with van der Waals surface area (Å²) in [5, 5.41) is 9.29. The van der Waals surface area contributed by atoms with E-state index in [2.05, 4.69) is 20.9 Å². The fourth-order valence-corrected chi connectivity index (χ4v) is 6.57. The number of hydrogen-bond donors (Lipinski definition) is 0. The van der Waals surface area contributed by atoms with Crippen molar-refractivity contribution in [3.8, 4) is 11.3 Å². The smallest absolute Gasteiger partial charge is 0.410 e.